The second-order valence-electron chi connectivity index (χ2n) is 2.51. The molecular weight excluding hydrogens is 255 g/mol. The molecule has 1 aromatic carbocycles. The van der Waals surface area contributed by atoms with Crippen LogP contribution in [0.1, 0.15) is 10.5 Å². The van der Waals surface area contributed by atoms with Gasteiger partial charge in [0.05, 0.1) is 15.9 Å². The quantitative estimate of drug-likeness (QED) is 0.801. The lowest BCUT2D eigenvalue weighted by atomic mass is 10.2. The zero-order valence-electron chi connectivity index (χ0n) is 6.34. The number of nitrogens with zero attached hydrogens (tertiary/aromatic N) is 1. The Morgan fingerprint density at radius 1 is 1.54 bits per heavy atom. The Hall–Kier alpha value is -0.870. The predicted molar refractivity (Wildman–Crippen MR) is 54.2 cm³/mol. The zero-order valence-corrected chi connectivity index (χ0v) is 8.69. The van der Waals surface area contributed by atoms with Gasteiger partial charge in [0.1, 0.15) is 5.69 Å². The molecule has 0 bridgehead atoms. The minimum absolute atomic E-state index is 0.404. The van der Waals surface area contributed by atoms with Gasteiger partial charge in [-0.2, -0.15) is 5.10 Å². The molecule has 0 radical (unpaired) electrons. The van der Waals surface area contributed by atoms with Crippen LogP contribution >= 0.6 is 27.5 Å². The van der Waals surface area contributed by atoms with E-state index in [1.165, 1.54) is 0 Å². The van der Waals surface area contributed by atoms with Gasteiger partial charge in [0.25, 0.3) is 0 Å². The van der Waals surface area contributed by atoms with Gasteiger partial charge in [0, 0.05) is 4.47 Å². The predicted octanol–water partition coefficient (Wildman–Crippen LogP) is 2.79. The molecule has 1 heterocycles. The molecule has 0 saturated heterocycles. The van der Waals surface area contributed by atoms with E-state index in [-0.39, 0.29) is 0 Å². The van der Waals surface area contributed by atoms with Crippen molar-refractivity contribution in [1.82, 2.24) is 10.2 Å². The van der Waals surface area contributed by atoms with Crippen molar-refractivity contribution in [1.29, 1.82) is 0 Å². The lowest BCUT2D eigenvalue weighted by Gasteiger charge is -1.96. The van der Waals surface area contributed by atoms with Crippen molar-refractivity contribution in [2.24, 2.45) is 0 Å². The monoisotopic (exact) mass is 258 g/mol. The second kappa shape index (κ2) is 3.12. The summed E-state index contributed by atoms with van der Waals surface area (Å²) in [6.07, 6.45) is 0.702. The molecule has 2 aromatic rings. The molecule has 5 heteroatoms. The Balaban J connectivity index is 2.93. The molecule has 0 unspecified atom stereocenters. The summed E-state index contributed by atoms with van der Waals surface area (Å²) < 4.78 is 0.756. The van der Waals surface area contributed by atoms with Crippen LogP contribution in [0.2, 0.25) is 5.02 Å². The summed E-state index contributed by atoms with van der Waals surface area (Å²) in [5.41, 5.74) is 1.09. The zero-order chi connectivity index (χ0) is 9.42. The number of hydrogen-bond donors (Lipinski definition) is 1. The normalized spacial score (nSPS) is 10.6. The molecular formula is C8H4BrClN2O. The largest absolute Gasteiger partial charge is 0.296 e. The Morgan fingerprint density at radius 2 is 2.31 bits per heavy atom. The van der Waals surface area contributed by atoms with Gasteiger partial charge in [-0.1, -0.05) is 11.6 Å². The average Bonchev–Trinajstić information content (AvgIpc) is 2.55. The molecule has 66 valence electrons. The fraction of sp³-hybridized carbons (Fsp3) is 0. The number of halogens is 2. The standard InChI is InChI=1S/C8H4BrClN2O/c9-4-1-2-5-7(8(4)10)6(3-13)12-11-5/h1-3H,(H,11,12). The lowest BCUT2D eigenvalue weighted by molar-refractivity contribution is 0.112. The minimum atomic E-state index is 0.404. The van der Waals surface area contributed by atoms with E-state index in [9.17, 15) is 4.79 Å². The first-order chi connectivity index (χ1) is 6.24. The molecule has 0 amide bonds. The van der Waals surface area contributed by atoms with Crippen LogP contribution in [-0.2, 0) is 0 Å². The molecule has 1 aromatic heterocycles. The van der Waals surface area contributed by atoms with Gasteiger partial charge in [-0.05, 0) is 28.1 Å². The number of H-pyrrole nitrogens is 1. The van der Waals surface area contributed by atoms with E-state index in [1.807, 2.05) is 0 Å². The maximum absolute atomic E-state index is 10.6. The Labute approximate surface area is 87.2 Å². The number of rotatable bonds is 1. The molecule has 0 aliphatic rings. The SMILES string of the molecule is O=Cc1[nH]nc2ccc(Br)c(Cl)c12. The van der Waals surface area contributed by atoms with Crippen LogP contribution in [0, 0.1) is 0 Å². The number of carbonyl (C=O) groups excluding carboxylic acids is 1. The Bertz CT molecular complexity index is 480. The number of hydrogen-bond acceptors (Lipinski definition) is 2. The van der Waals surface area contributed by atoms with Gasteiger partial charge in [0.2, 0.25) is 0 Å². The molecule has 13 heavy (non-hydrogen) atoms. The number of benzene rings is 1. The summed E-state index contributed by atoms with van der Waals surface area (Å²) in [7, 11) is 0. The van der Waals surface area contributed by atoms with Crippen molar-refractivity contribution in [3.8, 4) is 0 Å². The Kier molecular flexibility index (Phi) is 2.09. The van der Waals surface area contributed by atoms with Gasteiger partial charge in [0.15, 0.2) is 6.29 Å². The summed E-state index contributed by atoms with van der Waals surface area (Å²) in [4.78, 5) is 10.6. The summed E-state index contributed by atoms with van der Waals surface area (Å²) in [6, 6.07) is 3.58. The van der Waals surface area contributed by atoms with Crippen molar-refractivity contribution in [2.75, 3.05) is 0 Å². The highest BCUT2D eigenvalue weighted by molar-refractivity contribution is 9.10. The number of fused-ring (bicyclic) bond motifs is 1. The maximum Gasteiger partial charge on any atom is 0.168 e. The lowest BCUT2D eigenvalue weighted by Crippen LogP contribution is -1.80. The third-order valence-electron chi connectivity index (χ3n) is 1.76. The second-order valence-corrected chi connectivity index (χ2v) is 3.74. The van der Waals surface area contributed by atoms with E-state index in [4.69, 9.17) is 11.6 Å². The van der Waals surface area contributed by atoms with Crippen molar-refractivity contribution in [3.63, 3.8) is 0 Å². The number of aromatic nitrogens is 2. The molecule has 0 aliphatic carbocycles. The van der Waals surface area contributed by atoms with Gasteiger partial charge >= 0.3 is 0 Å². The number of aldehydes is 1. The highest BCUT2D eigenvalue weighted by atomic mass is 79.9. The first kappa shape index (κ1) is 8.72. The van der Waals surface area contributed by atoms with Gasteiger partial charge in [-0.3, -0.25) is 9.89 Å². The van der Waals surface area contributed by atoms with E-state index < -0.39 is 0 Å². The molecule has 0 spiro atoms. The molecule has 3 nitrogen and oxygen atoms in total. The van der Waals surface area contributed by atoms with Gasteiger partial charge in [-0.15, -0.1) is 0 Å². The highest BCUT2D eigenvalue weighted by Crippen LogP contribution is 2.31. The van der Waals surface area contributed by atoms with Crippen LogP contribution in [0.15, 0.2) is 16.6 Å². The van der Waals surface area contributed by atoms with Crippen molar-refractivity contribution in [2.45, 2.75) is 0 Å². The topological polar surface area (TPSA) is 45.8 Å². The first-order valence-corrected chi connectivity index (χ1v) is 4.68. The fourth-order valence-corrected chi connectivity index (χ4v) is 1.74. The van der Waals surface area contributed by atoms with Crippen molar-refractivity contribution in [3.05, 3.63) is 27.3 Å². The van der Waals surface area contributed by atoms with E-state index >= 15 is 0 Å². The number of aromatic amines is 1. The fourth-order valence-electron chi connectivity index (χ4n) is 1.15. The third-order valence-corrected chi connectivity index (χ3v) is 3.04. The molecule has 1 N–H and O–H groups in total. The van der Waals surface area contributed by atoms with Crippen molar-refractivity contribution < 1.29 is 4.79 Å². The molecule has 0 atom stereocenters. The van der Waals surface area contributed by atoms with E-state index in [2.05, 4.69) is 26.1 Å². The van der Waals surface area contributed by atoms with Crippen LogP contribution < -0.4 is 0 Å². The minimum Gasteiger partial charge on any atom is -0.296 e. The van der Waals surface area contributed by atoms with Crippen LogP contribution in [-0.4, -0.2) is 16.5 Å². The first-order valence-electron chi connectivity index (χ1n) is 3.51. The molecule has 0 aliphatic heterocycles. The van der Waals surface area contributed by atoms with Crippen LogP contribution in [0.5, 0.6) is 0 Å². The summed E-state index contributed by atoms with van der Waals surface area (Å²) >= 11 is 9.26. The maximum atomic E-state index is 10.6. The smallest absolute Gasteiger partial charge is 0.168 e. The summed E-state index contributed by atoms with van der Waals surface area (Å²) in [5, 5.41) is 7.70. The molecule has 2 rings (SSSR count). The highest BCUT2D eigenvalue weighted by Gasteiger charge is 2.10. The average molecular weight is 259 g/mol. The van der Waals surface area contributed by atoms with Crippen LogP contribution in [0.25, 0.3) is 10.9 Å². The van der Waals surface area contributed by atoms with E-state index in [0.29, 0.717) is 27.9 Å². The van der Waals surface area contributed by atoms with Crippen molar-refractivity contribution >= 4 is 44.7 Å². The molecule has 0 fully saturated rings. The van der Waals surface area contributed by atoms with Gasteiger partial charge in [-0.25, -0.2) is 0 Å². The summed E-state index contributed by atoms with van der Waals surface area (Å²) in [5.74, 6) is 0. The van der Waals surface area contributed by atoms with E-state index in [0.717, 1.165) is 4.47 Å². The van der Waals surface area contributed by atoms with E-state index in [1.54, 1.807) is 12.1 Å². The number of carbonyl (C=O) groups is 1. The molecule has 0 saturated carbocycles. The van der Waals surface area contributed by atoms with Gasteiger partial charge < -0.3 is 0 Å². The summed E-state index contributed by atoms with van der Waals surface area (Å²) in [6.45, 7) is 0. The Morgan fingerprint density at radius 3 is 3.00 bits per heavy atom. The van der Waals surface area contributed by atoms with Crippen LogP contribution in [0.4, 0.5) is 0 Å². The van der Waals surface area contributed by atoms with Crippen LogP contribution in [0.3, 0.4) is 0 Å². The number of nitrogens with one attached hydrogen (secondary N) is 1. The third kappa shape index (κ3) is 1.26.